The summed E-state index contributed by atoms with van der Waals surface area (Å²) in [7, 11) is -3.43. The number of hydrogen-bond donors (Lipinski definition) is 1. The summed E-state index contributed by atoms with van der Waals surface area (Å²) >= 11 is 0. The number of fused-ring (bicyclic) bond motifs is 1. The first-order valence-corrected chi connectivity index (χ1v) is 15.2. The summed E-state index contributed by atoms with van der Waals surface area (Å²) in [6, 6.07) is 13.5. The van der Waals surface area contributed by atoms with Crippen LogP contribution < -0.4 is 5.32 Å². The number of anilines is 2. The van der Waals surface area contributed by atoms with Crippen LogP contribution in [-0.2, 0) is 27.3 Å². The second-order valence-electron chi connectivity index (χ2n) is 10.8. The van der Waals surface area contributed by atoms with Crippen molar-refractivity contribution in [3.8, 4) is 11.3 Å². The minimum absolute atomic E-state index is 0.0315. The number of ether oxygens (including phenoxy) is 1. The molecule has 8 nitrogen and oxygen atoms in total. The van der Waals surface area contributed by atoms with Crippen LogP contribution >= 0.6 is 0 Å². The van der Waals surface area contributed by atoms with Gasteiger partial charge in [0.15, 0.2) is 9.84 Å². The molecule has 0 unspecified atom stereocenters. The van der Waals surface area contributed by atoms with Crippen molar-refractivity contribution in [2.45, 2.75) is 62.8 Å². The van der Waals surface area contributed by atoms with Gasteiger partial charge in [0, 0.05) is 35.9 Å². The molecule has 0 saturated carbocycles. The van der Waals surface area contributed by atoms with E-state index in [0.717, 1.165) is 6.07 Å². The van der Waals surface area contributed by atoms with Crippen LogP contribution in [0.25, 0.3) is 22.2 Å². The lowest BCUT2D eigenvalue weighted by atomic mass is 10.0. The van der Waals surface area contributed by atoms with Crippen molar-refractivity contribution in [3.63, 3.8) is 0 Å². The molecule has 4 aromatic rings. The van der Waals surface area contributed by atoms with Crippen LogP contribution in [-0.4, -0.2) is 58.8 Å². The van der Waals surface area contributed by atoms with Gasteiger partial charge in [-0.05, 0) is 76.2 Å². The van der Waals surface area contributed by atoms with Crippen LogP contribution in [0.15, 0.2) is 65.7 Å². The zero-order valence-electron chi connectivity index (χ0n) is 23.7. The smallest absolute Gasteiger partial charge is 0.373 e. The first-order chi connectivity index (χ1) is 19.8. The highest BCUT2D eigenvalue weighted by molar-refractivity contribution is 7.92. The molecule has 0 amide bonds. The van der Waals surface area contributed by atoms with Gasteiger partial charge >= 0.3 is 6.18 Å². The van der Waals surface area contributed by atoms with E-state index in [2.05, 4.69) is 15.2 Å². The van der Waals surface area contributed by atoms with E-state index in [1.807, 2.05) is 13.8 Å². The summed E-state index contributed by atoms with van der Waals surface area (Å²) in [5.41, 5.74) is 0.324. The van der Waals surface area contributed by atoms with E-state index in [9.17, 15) is 21.6 Å². The Bertz CT molecular complexity index is 1690. The molecular weight excluding hydrogens is 567 g/mol. The number of benzene rings is 2. The zero-order chi connectivity index (χ0) is 30.2. The highest BCUT2D eigenvalue weighted by atomic mass is 32.2. The number of morpholine rings is 1. The van der Waals surface area contributed by atoms with Crippen LogP contribution in [0.3, 0.4) is 0 Å². The fourth-order valence-corrected chi connectivity index (χ4v) is 6.17. The average molecular weight is 600 g/mol. The SMILES string of the molecule is CC(C)S(=O)(=O)c1ccc(Nc2nc(CN3C[C@H](C)O[C@@H](C)C3)nc3cc(-c4ncccc4C(F)(F)F)ccc23)cc1. The number of nitrogens with one attached hydrogen (secondary N) is 1. The van der Waals surface area contributed by atoms with Crippen LogP contribution in [0.2, 0.25) is 0 Å². The van der Waals surface area contributed by atoms with Crippen molar-refractivity contribution in [1.29, 1.82) is 0 Å². The fourth-order valence-electron chi connectivity index (χ4n) is 5.11. The molecule has 2 atom stereocenters. The molecule has 0 aliphatic carbocycles. The van der Waals surface area contributed by atoms with Crippen molar-refractivity contribution in [2.24, 2.45) is 0 Å². The van der Waals surface area contributed by atoms with Crippen LogP contribution in [0, 0.1) is 0 Å². The van der Waals surface area contributed by atoms with E-state index in [0.29, 0.717) is 47.9 Å². The number of aromatic nitrogens is 3. The maximum absolute atomic E-state index is 13.8. The summed E-state index contributed by atoms with van der Waals surface area (Å²) in [4.78, 5) is 16.0. The Kier molecular flexibility index (Phi) is 8.23. The molecule has 42 heavy (non-hydrogen) atoms. The number of hydrogen-bond acceptors (Lipinski definition) is 8. The summed E-state index contributed by atoms with van der Waals surface area (Å²) < 4.78 is 72.2. The van der Waals surface area contributed by atoms with E-state index < -0.39 is 26.8 Å². The van der Waals surface area contributed by atoms with Gasteiger partial charge in [-0.25, -0.2) is 18.4 Å². The molecule has 0 spiro atoms. The minimum Gasteiger partial charge on any atom is -0.373 e. The van der Waals surface area contributed by atoms with Gasteiger partial charge in [0.1, 0.15) is 11.6 Å². The molecule has 2 aromatic heterocycles. The van der Waals surface area contributed by atoms with Crippen molar-refractivity contribution in [3.05, 3.63) is 72.2 Å². The monoisotopic (exact) mass is 599 g/mol. The Morgan fingerprint density at radius 1 is 1.02 bits per heavy atom. The van der Waals surface area contributed by atoms with Crippen LogP contribution in [0.5, 0.6) is 0 Å². The Balaban J connectivity index is 1.57. The Hall–Kier alpha value is -3.61. The number of rotatable bonds is 7. The van der Waals surface area contributed by atoms with Gasteiger partial charge in [0.2, 0.25) is 0 Å². The van der Waals surface area contributed by atoms with Gasteiger partial charge in [0.25, 0.3) is 0 Å². The number of halogens is 3. The molecule has 12 heteroatoms. The highest BCUT2D eigenvalue weighted by Gasteiger charge is 2.34. The number of sulfone groups is 1. The van der Waals surface area contributed by atoms with Crippen molar-refractivity contribution < 1.29 is 26.3 Å². The molecule has 1 fully saturated rings. The molecule has 0 radical (unpaired) electrons. The van der Waals surface area contributed by atoms with E-state index >= 15 is 0 Å². The maximum atomic E-state index is 13.8. The largest absolute Gasteiger partial charge is 0.418 e. The zero-order valence-corrected chi connectivity index (χ0v) is 24.5. The van der Waals surface area contributed by atoms with Gasteiger partial charge in [-0.1, -0.05) is 6.07 Å². The van der Waals surface area contributed by atoms with Crippen molar-refractivity contribution in [2.75, 3.05) is 18.4 Å². The second-order valence-corrected chi connectivity index (χ2v) is 13.3. The normalized spacial score (nSPS) is 18.5. The van der Waals surface area contributed by atoms with Crippen molar-refractivity contribution >= 4 is 32.2 Å². The third-order valence-corrected chi connectivity index (χ3v) is 9.23. The predicted octanol–water partition coefficient (Wildman–Crippen LogP) is 6.25. The van der Waals surface area contributed by atoms with Gasteiger partial charge < -0.3 is 10.1 Å². The summed E-state index contributed by atoms with van der Waals surface area (Å²) in [5, 5.41) is 3.30. The standard InChI is InChI=1S/C30H32F3N5O3S/c1-18(2)42(39,40)23-10-8-22(9-11-23)35-29-24-12-7-21(28-25(30(31,32)33)6-5-13-34-28)14-26(24)36-27(37-29)17-38-15-19(3)41-20(4)16-38/h5-14,18-20H,15-17H2,1-4H3,(H,35,36,37)/t19-,20-/m0/s1. The van der Waals surface area contributed by atoms with Gasteiger partial charge in [-0.2, -0.15) is 13.2 Å². The Morgan fingerprint density at radius 3 is 2.36 bits per heavy atom. The molecule has 2 aromatic carbocycles. The summed E-state index contributed by atoms with van der Waals surface area (Å²) in [5.74, 6) is 0.937. The average Bonchev–Trinajstić information content (AvgIpc) is 2.92. The van der Waals surface area contributed by atoms with Crippen molar-refractivity contribution in [1.82, 2.24) is 19.9 Å². The quantitative estimate of drug-likeness (QED) is 0.267. The van der Waals surface area contributed by atoms with E-state index in [-0.39, 0.29) is 28.4 Å². The highest BCUT2D eigenvalue weighted by Crippen LogP contribution is 2.37. The van der Waals surface area contributed by atoms with E-state index in [1.54, 1.807) is 44.2 Å². The third-order valence-electron chi connectivity index (χ3n) is 7.06. The maximum Gasteiger partial charge on any atom is 0.418 e. The molecule has 1 aliphatic heterocycles. The van der Waals surface area contributed by atoms with Gasteiger partial charge in [-0.3, -0.25) is 9.88 Å². The lowest BCUT2D eigenvalue weighted by Crippen LogP contribution is -2.45. The molecule has 5 rings (SSSR count). The molecule has 3 heterocycles. The van der Waals surface area contributed by atoms with Gasteiger partial charge in [0.05, 0.1) is 45.7 Å². The molecular formula is C30H32F3N5O3S. The molecule has 222 valence electrons. The third kappa shape index (κ3) is 6.40. The lowest BCUT2D eigenvalue weighted by Gasteiger charge is -2.34. The molecule has 1 aliphatic rings. The van der Waals surface area contributed by atoms with Crippen LogP contribution in [0.4, 0.5) is 24.7 Å². The topological polar surface area (TPSA) is 97.3 Å². The van der Waals surface area contributed by atoms with E-state index in [1.165, 1.54) is 24.4 Å². The molecule has 0 bridgehead atoms. The molecule has 1 N–H and O–H groups in total. The summed E-state index contributed by atoms with van der Waals surface area (Å²) in [6.07, 6.45) is -3.18. The number of nitrogens with zero attached hydrogens (tertiary/aromatic N) is 4. The van der Waals surface area contributed by atoms with Gasteiger partial charge in [-0.15, -0.1) is 0 Å². The van der Waals surface area contributed by atoms with Crippen LogP contribution in [0.1, 0.15) is 39.1 Å². The number of pyridine rings is 1. The second kappa shape index (κ2) is 11.6. The molecule has 1 saturated heterocycles. The Morgan fingerprint density at radius 2 is 1.71 bits per heavy atom. The first kappa shape index (κ1) is 29.9. The summed E-state index contributed by atoms with van der Waals surface area (Å²) in [6.45, 7) is 9.03. The predicted molar refractivity (Wildman–Crippen MR) is 155 cm³/mol. The fraction of sp³-hybridized carbons (Fsp3) is 0.367. The van der Waals surface area contributed by atoms with E-state index in [4.69, 9.17) is 14.7 Å². The lowest BCUT2D eigenvalue weighted by molar-refractivity contribution is -0.137. The Labute approximate surface area is 242 Å². The minimum atomic E-state index is -4.57. The first-order valence-electron chi connectivity index (χ1n) is 13.6. The number of alkyl halides is 3.